The van der Waals surface area contributed by atoms with E-state index in [0.717, 1.165) is 0 Å². The molecular weight excluding hydrogens is 322 g/mol. The lowest BCUT2D eigenvalue weighted by molar-refractivity contribution is -0.118. The van der Waals surface area contributed by atoms with Crippen LogP contribution in [0.2, 0.25) is 0 Å². The Morgan fingerprint density at radius 3 is 2.76 bits per heavy atom. The molecule has 0 saturated carbocycles. The first-order valence-corrected chi connectivity index (χ1v) is 7.38. The van der Waals surface area contributed by atoms with E-state index < -0.39 is 0 Å². The molecule has 2 amide bonds. The van der Waals surface area contributed by atoms with Gasteiger partial charge in [-0.3, -0.25) is 14.5 Å². The Kier molecular flexibility index (Phi) is 4.27. The molecule has 126 valence electrons. The van der Waals surface area contributed by atoms with Crippen LogP contribution in [0.4, 0.5) is 17.2 Å². The SMILES string of the molecule is O.O=C1Nc2cccnc2N(C(=O)Cn2ccnc2)c2ccccc21. The van der Waals surface area contributed by atoms with E-state index in [-0.39, 0.29) is 23.8 Å². The highest BCUT2D eigenvalue weighted by Gasteiger charge is 2.29. The number of nitrogens with one attached hydrogen (secondary N) is 1. The molecule has 3 N–H and O–H groups in total. The lowest BCUT2D eigenvalue weighted by Gasteiger charge is -2.22. The maximum absolute atomic E-state index is 12.9. The molecule has 0 radical (unpaired) electrons. The molecule has 4 rings (SSSR count). The van der Waals surface area contributed by atoms with Crippen molar-refractivity contribution in [2.75, 3.05) is 10.2 Å². The van der Waals surface area contributed by atoms with E-state index in [0.29, 0.717) is 22.8 Å². The van der Waals surface area contributed by atoms with Crippen molar-refractivity contribution < 1.29 is 15.1 Å². The Balaban J connectivity index is 0.00000182. The van der Waals surface area contributed by atoms with Crippen LogP contribution in [0, 0.1) is 0 Å². The molecule has 0 fully saturated rings. The summed E-state index contributed by atoms with van der Waals surface area (Å²) in [7, 11) is 0. The Morgan fingerprint density at radius 2 is 1.96 bits per heavy atom. The van der Waals surface area contributed by atoms with Crippen molar-refractivity contribution >= 4 is 29.0 Å². The highest BCUT2D eigenvalue weighted by Crippen LogP contribution is 2.36. The van der Waals surface area contributed by atoms with E-state index >= 15 is 0 Å². The molecule has 25 heavy (non-hydrogen) atoms. The molecule has 8 heteroatoms. The van der Waals surface area contributed by atoms with Crippen molar-refractivity contribution in [1.82, 2.24) is 14.5 Å². The van der Waals surface area contributed by atoms with Crippen molar-refractivity contribution in [2.24, 2.45) is 0 Å². The number of pyridine rings is 1. The second-order valence-electron chi connectivity index (χ2n) is 5.31. The van der Waals surface area contributed by atoms with Gasteiger partial charge in [0, 0.05) is 18.6 Å². The topological polar surface area (TPSA) is 112 Å². The number of rotatable bonds is 2. The number of nitrogens with zero attached hydrogens (tertiary/aromatic N) is 4. The number of aromatic nitrogens is 3. The lowest BCUT2D eigenvalue weighted by Crippen LogP contribution is -2.30. The fourth-order valence-corrected chi connectivity index (χ4v) is 2.70. The second-order valence-corrected chi connectivity index (χ2v) is 5.31. The van der Waals surface area contributed by atoms with Crippen LogP contribution < -0.4 is 10.2 Å². The predicted molar refractivity (Wildman–Crippen MR) is 91.6 cm³/mol. The molecule has 2 aromatic heterocycles. The number of amides is 2. The van der Waals surface area contributed by atoms with Crippen LogP contribution >= 0.6 is 0 Å². The Labute approximate surface area is 143 Å². The number of anilines is 3. The van der Waals surface area contributed by atoms with E-state index in [9.17, 15) is 9.59 Å². The van der Waals surface area contributed by atoms with Crippen molar-refractivity contribution in [3.63, 3.8) is 0 Å². The van der Waals surface area contributed by atoms with E-state index in [4.69, 9.17) is 0 Å². The Morgan fingerprint density at radius 1 is 1.12 bits per heavy atom. The van der Waals surface area contributed by atoms with Crippen molar-refractivity contribution in [2.45, 2.75) is 6.54 Å². The number of carbonyl (C=O) groups is 2. The highest BCUT2D eigenvalue weighted by molar-refractivity contribution is 6.16. The smallest absolute Gasteiger partial charge is 0.257 e. The van der Waals surface area contributed by atoms with Crippen LogP contribution in [-0.4, -0.2) is 31.8 Å². The lowest BCUT2D eigenvalue weighted by atomic mass is 10.1. The predicted octanol–water partition coefficient (Wildman–Crippen LogP) is 1.38. The normalized spacial score (nSPS) is 12.3. The van der Waals surface area contributed by atoms with Crippen LogP contribution in [0.1, 0.15) is 10.4 Å². The monoisotopic (exact) mass is 337 g/mol. The summed E-state index contributed by atoms with van der Waals surface area (Å²) in [6.45, 7) is 0.0958. The third-order valence-corrected chi connectivity index (χ3v) is 3.76. The highest BCUT2D eigenvalue weighted by atomic mass is 16.2. The third-order valence-electron chi connectivity index (χ3n) is 3.76. The average Bonchev–Trinajstić information content (AvgIpc) is 3.05. The van der Waals surface area contributed by atoms with E-state index in [2.05, 4.69) is 15.3 Å². The average molecular weight is 337 g/mol. The number of para-hydroxylation sites is 1. The van der Waals surface area contributed by atoms with Crippen LogP contribution in [0.5, 0.6) is 0 Å². The third kappa shape index (κ3) is 2.86. The zero-order chi connectivity index (χ0) is 16.5. The summed E-state index contributed by atoms with van der Waals surface area (Å²) in [5.41, 5.74) is 1.43. The summed E-state index contributed by atoms with van der Waals surface area (Å²) < 4.78 is 1.67. The quantitative estimate of drug-likeness (QED) is 0.761. The fourth-order valence-electron chi connectivity index (χ4n) is 2.70. The van der Waals surface area contributed by atoms with Crippen LogP contribution in [0.15, 0.2) is 61.3 Å². The molecule has 0 spiro atoms. The van der Waals surface area contributed by atoms with Gasteiger partial charge < -0.3 is 15.4 Å². The number of imidazole rings is 1. The van der Waals surface area contributed by atoms with Gasteiger partial charge in [-0.25, -0.2) is 9.97 Å². The first kappa shape index (κ1) is 16.3. The van der Waals surface area contributed by atoms with Crippen molar-refractivity contribution in [1.29, 1.82) is 0 Å². The molecule has 3 heterocycles. The molecule has 3 aromatic rings. The minimum absolute atomic E-state index is 0. The summed E-state index contributed by atoms with van der Waals surface area (Å²) in [5, 5.41) is 2.81. The van der Waals surface area contributed by atoms with Gasteiger partial charge in [0.1, 0.15) is 6.54 Å². The Bertz CT molecular complexity index is 924. The second kappa shape index (κ2) is 6.54. The first-order valence-electron chi connectivity index (χ1n) is 7.38. The summed E-state index contributed by atoms with van der Waals surface area (Å²) in [5.74, 6) is -0.0735. The molecule has 0 saturated heterocycles. The van der Waals surface area contributed by atoms with Gasteiger partial charge in [-0.1, -0.05) is 12.1 Å². The van der Waals surface area contributed by atoms with Crippen molar-refractivity contribution in [3.05, 3.63) is 66.9 Å². The number of benzene rings is 1. The number of carbonyl (C=O) groups excluding carboxylic acids is 2. The molecular formula is C17H15N5O3. The first-order chi connectivity index (χ1) is 11.7. The molecule has 0 aliphatic carbocycles. The minimum Gasteiger partial charge on any atom is -0.412 e. The number of hydrogen-bond donors (Lipinski definition) is 1. The number of fused-ring (bicyclic) bond motifs is 2. The van der Waals surface area contributed by atoms with E-state index in [1.807, 2.05) is 0 Å². The number of hydrogen-bond acceptors (Lipinski definition) is 4. The van der Waals surface area contributed by atoms with Gasteiger partial charge in [0.05, 0.1) is 23.3 Å². The van der Waals surface area contributed by atoms with Gasteiger partial charge in [-0.05, 0) is 24.3 Å². The van der Waals surface area contributed by atoms with E-state index in [1.165, 1.54) is 4.90 Å². The van der Waals surface area contributed by atoms with Gasteiger partial charge in [0.2, 0.25) is 0 Å². The van der Waals surface area contributed by atoms with Gasteiger partial charge in [0.15, 0.2) is 5.82 Å². The Hall–Kier alpha value is -3.52. The standard InChI is InChI=1S/C17H13N5O2.H2O/c23-15(10-21-9-8-18-11-21)22-14-6-2-1-4-12(14)17(24)20-13-5-3-7-19-16(13)22;/h1-9,11H,10H2,(H,20,24);1H2. The van der Waals surface area contributed by atoms with Crippen molar-refractivity contribution in [3.8, 4) is 0 Å². The largest absolute Gasteiger partial charge is 0.412 e. The van der Waals surface area contributed by atoms with Gasteiger partial charge in [-0.15, -0.1) is 0 Å². The minimum atomic E-state index is -0.266. The van der Waals surface area contributed by atoms with Gasteiger partial charge in [-0.2, -0.15) is 0 Å². The van der Waals surface area contributed by atoms with E-state index in [1.54, 1.807) is 65.9 Å². The van der Waals surface area contributed by atoms with Crippen LogP contribution in [-0.2, 0) is 11.3 Å². The summed E-state index contributed by atoms with van der Waals surface area (Å²) in [6.07, 6.45) is 6.49. The summed E-state index contributed by atoms with van der Waals surface area (Å²) in [6, 6.07) is 10.4. The van der Waals surface area contributed by atoms with Gasteiger partial charge in [0.25, 0.3) is 11.8 Å². The van der Waals surface area contributed by atoms with Gasteiger partial charge >= 0.3 is 0 Å². The molecule has 0 bridgehead atoms. The zero-order valence-corrected chi connectivity index (χ0v) is 13.1. The molecule has 0 unspecified atom stereocenters. The molecule has 8 nitrogen and oxygen atoms in total. The maximum atomic E-state index is 12.9. The molecule has 0 atom stereocenters. The summed E-state index contributed by atoms with van der Waals surface area (Å²) >= 11 is 0. The molecule has 1 aliphatic heterocycles. The molecule has 1 aromatic carbocycles. The van der Waals surface area contributed by atoms with Crippen LogP contribution in [0.25, 0.3) is 0 Å². The summed E-state index contributed by atoms with van der Waals surface area (Å²) in [4.78, 5) is 35.1. The fraction of sp³-hybridized carbons (Fsp3) is 0.0588. The molecule has 1 aliphatic rings. The zero-order valence-electron chi connectivity index (χ0n) is 13.1. The maximum Gasteiger partial charge on any atom is 0.257 e. The van der Waals surface area contributed by atoms with Crippen LogP contribution in [0.3, 0.4) is 0 Å².